The molecule has 0 aliphatic carbocycles. The summed E-state index contributed by atoms with van der Waals surface area (Å²) in [5.74, 6) is 2.09. The van der Waals surface area contributed by atoms with Crippen LogP contribution in [0.4, 0.5) is 0 Å². The highest BCUT2D eigenvalue weighted by molar-refractivity contribution is 8.00. The zero-order chi connectivity index (χ0) is 19.8. The van der Waals surface area contributed by atoms with Crippen molar-refractivity contribution in [2.45, 2.75) is 57.5 Å². The van der Waals surface area contributed by atoms with Crippen molar-refractivity contribution in [3.8, 4) is 17.1 Å². The number of rotatable bonds is 10. The summed E-state index contributed by atoms with van der Waals surface area (Å²) in [6, 6.07) is 7.81. The minimum atomic E-state index is -0.225. The molecule has 0 saturated heterocycles. The van der Waals surface area contributed by atoms with E-state index >= 15 is 0 Å². The number of aromatic nitrogens is 3. The van der Waals surface area contributed by atoms with Gasteiger partial charge < -0.3 is 14.6 Å². The van der Waals surface area contributed by atoms with Gasteiger partial charge in [0.05, 0.1) is 12.4 Å². The van der Waals surface area contributed by atoms with Gasteiger partial charge in [0.1, 0.15) is 5.75 Å². The van der Waals surface area contributed by atoms with Gasteiger partial charge in [-0.05, 0) is 43.5 Å². The van der Waals surface area contributed by atoms with Gasteiger partial charge in [-0.2, -0.15) is 0 Å². The van der Waals surface area contributed by atoms with Crippen molar-refractivity contribution in [2.75, 3.05) is 13.7 Å². The van der Waals surface area contributed by atoms with E-state index in [4.69, 9.17) is 4.74 Å². The van der Waals surface area contributed by atoms with Gasteiger partial charge >= 0.3 is 0 Å². The maximum absolute atomic E-state index is 12.3. The summed E-state index contributed by atoms with van der Waals surface area (Å²) in [6.07, 6.45) is 2.11. The minimum absolute atomic E-state index is 0.0322. The Bertz CT molecular complexity index is 728. The van der Waals surface area contributed by atoms with E-state index in [-0.39, 0.29) is 11.2 Å². The number of carbonyl (C=O) groups excluding carboxylic acids is 1. The third kappa shape index (κ3) is 5.99. The van der Waals surface area contributed by atoms with Crippen LogP contribution in [0.5, 0.6) is 5.75 Å². The molecule has 0 aliphatic rings. The van der Waals surface area contributed by atoms with Crippen LogP contribution in [0.1, 0.15) is 40.5 Å². The average molecular weight is 391 g/mol. The minimum Gasteiger partial charge on any atom is -0.497 e. The van der Waals surface area contributed by atoms with Crippen molar-refractivity contribution in [1.29, 1.82) is 0 Å². The molecule has 0 saturated carbocycles. The van der Waals surface area contributed by atoms with Gasteiger partial charge in [0, 0.05) is 18.7 Å². The highest BCUT2D eigenvalue weighted by Crippen LogP contribution is 2.28. The van der Waals surface area contributed by atoms with Gasteiger partial charge in [-0.15, -0.1) is 10.2 Å². The highest BCUT2D eigenvalue weighted by Gasteiger charge is 2.20. The van der Waals surface area contributed by atoms with Crippen LogP contribution in [0.2, 0.25) is 0 Å². The molecule has 1 atom stereocenters. The first-order valence-corrected chi connectivity index (χ1v) is 10.4. The number of methoxy groups -OCH3 is 1. The van der Waals surface area contributed by atoms with Crippen molar-refractivity contribution >= 4 is 17.7 Å². The van der Waals surface area contributed by atoms with Crippen molar-refractivity contribution in [3.63, 3.8) is 0 Å². The second-order valence-electron chi connectivity index (χ2n) is 6.94. The van der Waals surface area contributed by atoms with Crippen LogP contribution >= 0.6 is 11.8 Å². The van der Waals surface area contributed by atoms with Gasteiger partial charge in [0.2, 0.25) is 5.91 Å². The molecule has 1 heterocycles. The lowest BCUT2D eigenvalue weighted by molar-refractivity contribution is -0.120. The Kier molecular flexibility index (Phi) is 8.16. The van der Waals surface area contributed by atoms with Crippen LogP contribution in [-0.2, 0) is 11.3 Å². The maximum atomic E-state index is 12.3. The van der Waals surface area contributed by atoms with E-state index < -0.39 is 0 Å². The fourth-order valence-electron chi connectivity index (χ4n) is 2.51. The van der Waals surface area contributed by atoms with Gasteiger partial charge in [0.25, 0.3) is 0 Å². The van der Waals surface area contributed by atoms with Crippen molar-refractivity contribution in [1.82, 2.24) is 20.1 Å². The van der Waals surface area contributed by atoms with E-state index in [2.05, 4.69) is 40.9 Å². The van der Waals surface area contributed by atoms with Gasteiger partial charge in [-0.25, -0.2) is 0 Å². The Morgan fingerprint density at radius 1 is 1.22 bits per heavy atom. The first kappa shape index (κ1) is 21.3. The number of hydrogen-bond donors (Lipinski definition) is 1. The van der Waals surface area contributed by atoms with Crippen LogP contribution < -0.4 is 10.1 Å². The van der Waals surface area contributed by atoms with E-state index in [1.807, 2.05) is 31.2 Å². The Morgan fingerprint density at radius 2 is 1.93 bits per heavy atom. The largest absolute Gasteiger partial charge is 0.497 e. The fourth-order valence-corrected chi connectivity index (χ4v) is 3.41. The monoisotopic (exact) mass is 390 g/mol. The van der Waals surface area contributed by atoms with Crippen LogP contribution in [-0.4, -0.2) is 39.6 Å². The molecule has 27 heavy (non-hydrogen) atoms. The molecule has 0 aliphatic heterocycles. The van der Waals surface area contributed by atoms with Crippen molar-refractivity contribution in [3.05, 3.63) is 24.3 Å². The molecule has 0 radical (unpaired) electrons. The SMILES string of the molecule is CCCCn1c(SC(C)C(=O)NCC(C)C)nnc1-c1ccc(OC)cc1. The topological polar surface area (TPSA) is 69.0 Å². The smallest absolute Gasteiger partial charge is 0.233 e. The number of nitrogens with one attached hydrogen (secondary N) is 1. The number of carbonyl (C=O) groups is 1. The lowest BCUT2D eigenvalue weighted by Gasteiger charge is -2.14. The van der Waals surface area contributed by atoms with Crippen LogP contribution in [0.3, 0.4) is 0 Å². The molecule has 1 aromatic heterocycles. The molecule has 148 valence electrons. The number of amides is 1. The predicted molar refractivity (Wildman–Crippen MR) is 110 cm³/mol. The van der Waals surface area contributed by atoms with Crippen LogP contribution in [0.15, 0.2) is 29.4 Å². The lowest BCUT2D eigenvalue weighted by atomic mass is 10.2. The second kappa shape index (κ2) is 10.3. The summed E-state index contributed by atoms with van der Waals surface area (Å²) in [5, 5.41) is 12.3. The number of ether oxygens (including phenoxy) is 1. The van der Waals surface area contributed by atoms with E-state index in [0.29, 0.717) is 12.5 Å². The second-order valence-corrected chi connectivity index (χ2v) is 8.25. The average Bonchev–Trinajstić information content (AvgIpc) is 3.06. The first-order chi connectivity index (χ1) is 13.0. The van der Waals surface area contributed by atoms with Gasteiger partial charge in [0.15, 0.2) is 11.0 Å². The standard InChI is InChI=1S/C20H30N4O2S/c1-6-7-12-24-18(16-8-10-17(26-5)11-9-16)22-23-20(24)27-15(4)19(25)21-13-14(2)3/h8-11,14-15H,6-7,12-13H2,1-5H3,(H,21,25). The number of benzene rings is 1. The highest BCUT2D eigenvalue weighted by atomic mass is 32.2. The molecular formula is C20H30N4O2S. The number of thioether (sulfide) groups is 1. The van der Waals surface area contributed by atoms with Gasteiger partial charge in [-0.3, -0.25) is 4.79 Å². The molecule has 0 spiro atoms. The molecular weight excluding hydrogens is 360 g/mol. The van der Waals surface area contributed by atoms with Crippen LogP contribution in [0, 0.1) is 5.92 Å². The van der Waals surface area contributed by atoms with E-state index in [9.17, 15) is 4.79 Å². The fraction of sp³-hybridized carbons (Fsp3) is 0.550. The Morgan fingerprint density at radius 3 is 2.52 bits per heavy atom. The van der Waals surface area contributed by atoms with Gasteiger partial charge in [-0.1, -0.05) is 39.0 Å². The van der Waals surface area contributed by atoms with E-state index in [1.54, 1.807) is 7.11 Å². The zero-order valence-electron chi connectivity index (χ0n) is 16.9. The Labute approximate surface area is 166 Å². The number of unbranched alkanes of at least 4 members (excludes halogenated alkanes) is 1. The summed E-state index contributed by atoms with van der Waals surface area (Å²) < 4.78 is 7.35. The molecule has 0 bridgehead atoms. The molecule has 1 aromatic carbocycles. The maximum Gasteiger partial charge on any atom is 0.233 e. The molecule has 1 N–H and O–H groups in total. The normalized spacial score (nSPS) is 12.2. The quantitative estimate of drug-likeness (QED) is 0.621. The number of nitrogens with zero attached hydrogens (tertiary/aromatic N) is 3. The third-order valence-electron chi connectivity index (χ3n) is 4.14. The van der Waals surface area contributed by atoms with Crippen molar-refractivity contribution in [2.24, 2.45) is 5.92 Å². The summed E-state index contributed by atoms with van der Waals surface area (Å²) in [5.41, 5.74) is 0.989. The van der Waals surface area contributed by atoms with Crippen molar-refractivity contribution < 1.29 is 9.53 Å². The summed E-state index contributed by atoms with van der Waals surface area (Å²) in [6.45, 7) is 9.75. The zero-order valence-corrected chi connectivity index (χ0v) is 17.7. The molecule has 1 unspecified atom stereocenters. The predicted octanol–water partition coefficient (Wildman–Crippen LogP) is 4.01. The molecule has 1 amide bonds. The summed E-state index contributed by atoms with van der Waals surface area (Å²) in [7, 11) is 1.65. The molecule has 6 nitrogen and oxygen atoms in total. The third-order valence-corrected chi connectivity index (χ3v) is 5.22. The Balaban J connectivity index is 2.20. The number of hydrogen-bond acceptors (Lipinski definition) is 5. The van der Waals surface area contributed by atoms with E-state index in [1.165, 1.54) is 11.8 Å². The first-order valence-electron chi connectivity index (χ1n) is 9.48. The summed E-state index contributed by atoms with van der Waals surface area (Å²) >= 11 is 1.46. The molecule has 0 fully saturated rings. The lowest BCUT2D eigenvalue weighted by Crippen LogP contribution is -2.33. The van der Waals surface area contributed by atoms with Crippen LogP contribution in [0.25, 0.3) is 11.4 Å². The molecule has 7 heteroatoms. The van der Waals surface area contributed by atoms with E-state index in [0.717, 1.165) is 41.7 Å². The summed E-state index contributed by atoms with van der Waals surface area (Å²) in [4.78, 5) is 12.3. The Hall–Kier alpha value is -2.02. The molecule has 2 rings (SSSR count). The molecule has 2 aromatic rings.